The molecule has 0 unspecified atom stereocenters. The van der Waals surface area contributed by atoms with Gasteiger partial charge in [0, 0.05) is 37.3 Å². The van der Waals surface area contributed by atoms with Crippen molar-refractivity contribution < 1.29 is 9.84 Å². The zero-order valence-electron chi connectivity index (χ0n) is 11.9. The number of rotatable bonds is 9. The first-order valence-electron chi connectivity index (χ1n) is 7.11. The van der Waals surface area contributed by atoms with Crippen molar-refractivity contribution in [2.45, 2.75) is 25.4 Å². The number of hydrogen-bond acceptors (Lipinski definition) is 4. The van der Waals surface area contributed by atoms with Crippen molar-refractivity contribution in [2.24, 2.45) is 0 Å². The van der Waals surface area contributed by atoms with E-state index in [4.69, 9.17) is 4.74 Å². The lowest BCUT2D eigenvalue weighted by molar-refractivity contribution is 0.203. The molecule has 112 valence electrons. The van der Waals surface area contributed by atoms with Crippen molar-refractivity contribution in [3.8, 4) is 0 Å². The summed E-state index contributed by atoms with van der Waals surface area (Å²) in [5, 5.41) is 12.7. The third-order valence-corrected chi connectivity index (χ3v) is 4.10. The van der Waals surface area contributed by atoms with E-state index in [0.29, 0.717) is 13.2 Å². The van der Waals surface area contributed by atoms with Crippen LogP contribution >= 0.6 is 15.9 Å². The second kappa shape index (κ2) is 7.98. The quantitative estimate of drug-likeness (QED) is 0.721. The van der Waals surface area contributed by atoms with Crippen LogP contribution in [0.1, 0.15) is 18.4 Å². The van der Waals surface area contributed by atoms with Crippen molar-refractivity contribution in [3.05, 3.63) is 28.2 Å². The molecule has 0 spiro atoms. The van der Waals surface area contributed by atoms with Crippen molar-refractivity contribution in [1.29, 1.82) is 0 Å². The summed E-state index contributed by atoms with van der Waals surface area (Å²) < 4.78 is 6.19. The lowest BCUT2D eigenvalue weighted by Crippen LogP contribution is -2.30. The van der Waals surface area contributed by atoms with Crippen LogP contribution in [0.25, 0.3) is 0 Å². The molecule has 1 aliphatic rings. The molecule has 0 bridgehead atoms. The van der Waals surface area contributed by atoms with Gasteiger partial charge in [-0.3, -0.25) is 0 Å². The highest BCUT2D eigenvalue weighted by Gasteiger charge is 2.20. The van der Waals surface area contributed by atoms with E-state index in [1.54, 1.807) is 7.11 Å². The van der Waals surface area contributed by atoms with Crippen molar-refractivity contribution >= 4 is 21.6 Å². The average molecular weight is 343 g/mol. The van der Waals surface area contributed by atoms with Crippen LogP contribution in [0.3, 0.4) is 0 Å². The Bertz CT molecular complexity index is 424. The van der Waals surface area contributed by atoms with Gasteiger partial charge in [0.1, 0.15) is 0 Å². The highest BCUT2D eigenvalue weighted by molar-refractivity contribution is 9.10. The molecule has 1 aliphatic carbocycles. The Morgan fingerprint density at radius 1 is 1.40 bits per heavy atom. The van der Waals surface area contributed by atoms with Gasteiger partial charge in [-0.05, 0) is 46.5 Å². The minimum Gasteiger partial charge on any atom is -0.395 e. The third-order valence-electron chi connectivity index (χ3n) is 3.46. The molecule has 4 nitrogen and oxygen atoms in total. The molecule has 0 saturated heterocycles. The van der Waals surface area contributed by atoms with Gasteiger partial charge in [-0.2, -0.15) is 0 Å². The minimum absolute atomic E-state index is 0.140. The van der Waals surface area contributed by atoms with E-state index in [1.165, 1.54) is 18.4 Å². The SMILES string of the molecule is COCCN(CCO)c1ccc(CNC2CC2)cc1Br. The maximum Gasteiger partial charge on any atom is 0.0637 e. The molecule has 1 aromatic carbocycles. The summed E-state index contributed by atoms with van der Waals surface area (Å²) in [4.78, 5) is 2.13. The summed E-state index contributed by atoms with van der Waals surface area (Å²) in [7, 11) is 1.69. The van der Waals surface area contributed by atoms with Gasteiger partial charge < -0.3 is 20.1 Å². The maximum absolute atomic E-state index is 9.19. The number of anilines is 1. The average Bonchev–Trinajstić information content (AvgIpc) is 3.26. The lowest BCUT2D eigenvalue weighted by atomic mass is 10.2. The zero-order chi connectivity index (χ0) is 14.4. The Morgan fingerprint density at radius 2 is 2.20 bits per heavy atom. The van der Waals surface area contributed by atoms with E-state index < -0.39 is 0 Å². The van der Waals surface area contributed by atoms with Crippen molar-refractivity contribution in [1.82, 2.24) is 5.32 Å². The fourth-order valence-electron chi connectivity index (χ4n) is 2.14. The van der Waals surface area contributed by atoms with E-state index >= 15 is 0 Å². The summed E-state index contributed by atoms with van der Waals surface area (Å²) >= 11 is 3.64. The van der Waals surface area contributed by atoms with Gasteiger partial charge in [-0.1, -0.05) is 6.07 Å². The summed E-state index contributed by atoms with van der Waals surface area (Å²) in [5.74, 6) is 0. The van der Waals surface area contributed by atoms with Gasteiger partial charge in [-0.25, -0.2) is 0 Å². The Morgan fingerprint density at radius 3 is 2.80 bits per heavy atom. The second-order valence-corrected chi connectivity index (χ2v) is 6.00. The number of hydrogen-bond donors (Lipinski definition) is 2. The number of aliphatic hydroxyl groups is 1. The minimum atomic E-state index is 0.140. The van der Waals surface area contributed by atoms with Crippen LogP contribution in [0.2, 0.25) is 0 Å². The number of benzene rings is 1. The van der Waals surface area contributed by atoms with Crippen LogP contribution in [0.5, 0.6) is 0 Å². The van der Waals surface area contributed by atoms with Crippen LogP contribution in [0.4, 0.5) is 5.69 Å². The molecule has 2 rings (SSSR count). The third kappa shape index (κ3) is 4.74. The molecule has 0 amide bonds. The summed E-state index contributed by atoms with van der Waals surface area (Å²) in [6, 6.07) is 7.13. The Kier molecular flexibility index (Phi) is 6.29. The van der Waals surface area contributed by atoms with Crippen LogP contribution in [-0.2, 0) is 11.3 Å². The normalized spacial score (nSPS) is 14.6. The molecular formula is C15H23BrN2O2. The molecule has 0 heterocycles. The zero-order valence-corrected chi connectivity index (χ0v) is 13.5. The largest absolute Gasteiger partial charge is 0.395 e. The molecule has 1 fully saturated rings. The highest BCUT2D eigenvalue weighted by Crippen LogP contribution is 2.28. The highest BCUT2D eigenvalue weighted by atomic mass is 79.9. The lowest BCUT2D eigenvalue weighted by Gasteiger charge is -2.25. The van der Waals surface area contributed by atoms with Crippen LogP contribution in [-0.4, -0.2) is 44.6 Å². The number of halogens is 1. The van der Waals surface area contributed by atoms with Gasteiger partial charge >= 0.3 is 0 Å². The molecule has 2 N–H and O–H groups in total. The first kappa shape index (κ1) is 15.8. The number of nitrogens with one attached hydrogen (secondary N) is 1. The van der Waals surface area contributed by atoms with Crippen LogP contribution in [0.15, 0.2) is 22.7 Å². The molecule has 5 heteroatoms. The second-order valence-electron chi connectivity index (χ2n) is 5.14. The monoisotopic (exact) mass is 342 g/mol. The van der Waals surface area contributed by atoms with Gasteiger partial charge in [0.2, 0.25) is 0 Å². The number of nitrogens with zero attached hydrogens (tertiary/aromatic N) is 1. The van der Waals surface area contributed by atoms with E-state index in [0.717, 1.165) is 29.3 Å². The number of aliphatic hydroxyl groups excluding tert-OH is 1. The number of methoxy groups -OCH3 is 1. The molecule has 1 saturated carbocycles. The number of ether oxygens (including phenoxy) is 1. The fraction of sp³-hybridized carbons (Fsp3) is 0.600. The van der Waals surface area contributed by atoms with Gasteiger partial charge in [0.25, 0.3) is 0 Å². The van der Waals surface area contributed by atoms with Gasteiger partial charge in [0.05, 0.1) is 18.9 Å². The van der Waals surface area contributed by atoms with E-state index in [-0.39, 0.29) is 6.61 Å². The summed E-state index contributed by atoms with van der Waals surface area (Å²) in [5.41, 5.74) is 2.38. The molecular weight excluding hydrogens is 320 g/mol. The van der Waals surface area contributed by atoms with Crippen molar-refractivity contribution in [3.63, 3.8) is 0 Å². The molecule has 20 heavy (non-hydrogen) atoms. The molecule has 1 aromatic rings. The van der Waals surface area contributed by atoms with E-state index in [2.05, 4.69) is 44.3 Å². The summed E-state index contributed by atoms with van der Waals surface area (Å²) in [6.07, 6.45) is 2.61. The summed E-state index contributed by atoms with van der Waals surface area (Å²) in [6.45, 7) is 3.09. The van der Waals surface area contributed by atoms with Gasteiger partial charge in [0.15, 0.2) is 0 Å². The Balaban J connectivity index is 2.00. The fourth-order valence-corrected chi connectivity index (χ4v) is 2.82. The first-order valence-corrected chi connectivity index (χ1v) is 7.90. The van der Waals surface area contributed by atoms with E-state index in [1.807, 2.05) is 0 Å². The van der Waals surface area contributed by atoms with E-state index in [9.17, 15) is 5.11 Å². The Labute approximate surface area is 129 Å². The smallest absolute Gasteiger partial charge is 0.0637 e. The topological polar surface area (TPSA) is 44.7 Å². The van der Waals surface area contributed by atoms with Crippen molar-refractivity contribution in [2.75, 3.05) is 38.3 Å². The molecule has 0 atom stereocenters. The maximum atomic E-state index is 9.19. The Hall–Kier alpha value is -0.620. The molecule has 0 aromatic heterocycles. The molecule has 0 radical (unpaired) electrons. The predicted molar refractivity (Wildman–Crippen MR) is 85.2 cm³/mol. The standard InChI is InChI=1S/C15H23BrN2O2/c1-20-9-7-18(6-8-19)15-5-2-12(10-14(15)16)11-17-13-3-4-13/h2,5,10,13,17,19H,3-4,6-9,11H2,1H3. The first-order chi connectivity index (χ1) is 9.74. The van der Waals surface area contributed by atoms with Crippen LogP contribution in [0, 0.1) is 0 Å². The van der Waals surface area contributed by atoms with Crippen LogP contribution < -0.4 is 10.2 Å². The molecule has 0 aliphatic heterocycles. The predicted octanol–water partition coefficient (Wildman–Crippen LogP) is 2.15. The van der Waals surface area contributed by atoms with Gasteiger partial charge in [-0.15, -0.1) is 0 Å².